The van der Waals surface area contributed by atoms with Crippen molar-refractivity contribution < 1.29 is 28.9 Å². The number of esters is 1. The van der Waals surface area contributed by atoms with Crippen LogP contribution in [-0.2, 0) is 9.53 Å². The first kappa shape index (κ1) is 19.5. The van der Waals surface area contributed by atoms with Crippen LogP contribution in [0.25, 0.3) is 11.6 Å². The molecule has 0 heterocycles. The number of carboxylic acid groups (broad SMARTS) is 1. The van der Waals surface area contributed by atoms with Crippen molar-refractivity contribution in [3.8, 4) is 11.5 Å². The molecule has 0 unspecified atom stereocenters. The molecule has 0 bridgehead atoms. The number of carbonyl (C=O) groups is 2. The molecule has 0 aliphatic carbocycles. The monoisotopic (exact) mass is 420 g/mol. The van der Waals surface area contributed by atoms with Crippen LogP contribution in [0.3, 0.4) is 0 Å². The van der Waals surface area contributed by atoms with Crippen molar-refractivity contribution in [2.24, 2.45) is 0 Å². The number of carboxylic acids is 1. The lowest BCUT2D eigenvalue weighted by Crippen LogP contribution is -2.09. The van der Waals surface area contributed by atoms with Crippen LogP contribution in [0.4, 0.5) is 0 Å². The van der Waals surface area contributed by atoms with Gasteiger partial charge >= 0.3 is 11.9 Å². The average Bonchev–Trinajstić information content (AvgIpc) is 2.66. The molecule has 0 spiro atoms. The Morgan fingerprint density at radius 3 is 2.12 bits per heavy atom. The van der Waals surface area contributed by atoms with Gasteiger partial charge in [-0.1, -0.05) is 34.1 Å². The number of methoxy groups -OCH3 is 3. The molecule has 2 aromatic carbocycles. The number of hydrogen-bond donors (Lipinski definition) is 1. The summed E-state index contributed by atoms with van der Waals surface area (Å²) in [6, 6.07) is 9.60. The minimum atomic E-state index is -1.14. The molecule has 136 valence electrons. The fraction of sp³-hybridized carbons (Fsp3) is 0.158. The Bertz CT molecular complexity index is 872. The number of rotatable bonds is 6. The van der Waals surface area contributed by atoms with Crippen LogP contribution in [0.15, 0.2) is 40.9 Å². The maximum atomic E-state index is 12.3. The van der Waals surface area contributed by atoms with Crippen molar-refractivity contribution in [2.45, 2.75) is 0 Å². The molecule has 0 saturated heterocycles. The first-order valence-corrected chi connectivity index (χ1v) is 8.26. The van der Waals surface area contributed by atoms with Crippen molar-refractivity contribution in [1.82, 2.24) is 0 Å². The molecule has 1 N–H and O–H groups in total. The van der Waals surface area contributed by atoms with Gasteiger partial charge in [0, 0.05) is 10.0 Å². The molecular formula is C19H17BrO6. The quantitative estimate of drug-likeness (QED) is 0.433. The summed E-state index contributed by atoms with van der Waals surface area (Å²) in [5, 5.41) is 9.42. The topological polar surface area (TPSA) is 82.1 Å². The fourth-order valence-electron chi connectivity index (χ4n) is 2.40. The summed E-state index contributed by atoms with van der Waals surface area (Å²) in [5.41, 5.74) is 0.968. The second-order valence-corrected chi connectivity index (χ2v) is 5.98. The van der Waals surface area contributed by atoms with Gasteiger partial charge in [-0.15, -0.1) is 0 Å². The highest BCUT2D eigenvalue weighted by Gasteiger charge is 2.20. The summed E-state index contributed by atoms with van der Waals surface area (Å²) in [6.07, 6.45) is 1.54. The first-order valence-electron chi connectivity index (χ1n) is 7.47. The van der Waals surface area contributed by atoms with E-state index in [0.717, 1.165) is 0 Å². The lowest BCUT2D eigenvalue weighted by Gasteiger charge is -2.12. The van der Waals surface area contributed by atoms with Crippen LogP contribution in [0, 0.1) is 0 Å². The normalized spacial score (nSPS) is 11.0. The summed E-state index contributed by atoms with van der Waals surface area (Å²) in [7, 11) is 4.26. The van der Waals surface area contributed by atoms with E-state index in [1.807, 2.05) is 0 Å². The third kappa shape index (κ3) is 4.05. The molecule has 0 aliphatic heterocycles. The summed E-state index contributed by atoms with van der Waals surface area (Å²) in [5.74, 6) is -0.804. The Balaban J connectivity index is 2.70. The van der Waals surface area contributed by atoms with Crippen molar-refractivity contribution >= 4 is 39.5 Å². The first-order chi connectivity index (χ1) is 12.4. The highest BCUT2D eigenvalue weighted by Crippen LogP contribution is 2.35. The van der Waals surface area contributed by atoms with E-state index in [1.165, 1.54) is 27.4 Å². The largest absolute Gasteiger partial charge is 0.493 e. The number of ether oxygens (including phenoxy) is 3. The van der Waals surface area contributed by atoms with Crippen LogP contribution in [0.1, 0.15) is 21.5 Å². The molecule has 0 aliphatic rings. The standard InChI is InChI=1S/C19H17BrO6/c1-24-16-9-11(15(20)10-17(16)25-2)8-14(19(23)26-3)12-6-4-5-7-13(12)18(21)22/h4-10H,1-3H3,(H,21,22). The van der Waals surface area contributed by atoms with Gasteiger partial charge in [0.2, 0.25) is 0 Å². The Labute approximate surface area is 159 Å². The van der Waals surface area contributed by atoms with E-state index in [1.54, 1.807) is 36.4 Å². The fourth-order valence-corrected chi connectivity index (χ4v) is 2.83. The third-order valence-electron chi connectivity index (χ3n) is 3.66. The predicted molar refractivity (Wildman–Crippen MR) is 101 cm³/mol. The average molecular weight is 421 g/mol. The van der Waals surface area contributed by atoms with Gasteiger partial charge in [0.1, 0.15) is 0 Å². The maximum absolute atomic E-state index is 12.3. The summed E-state index contributed by atoms with van der Waals surface area (Å²) >= 11 is 3.42. The van der Waals surface area contributed by atoms with Crippen LogP contribution in [0.5, 0.6) is 11.5 Å². The zero-order chi connectivity index (χ0) is 19.3. The zero-order valence-corrected chi connectivity index (χ0v) is 16.0. The van der Waals surface area contributed by atoms with E-state index in [-0.39, 0.29) is 16.7 Å². The lowest BCUT2D eigenvalue weighted by molar-refractivity contribution is -0.133. The molecule has 0 fully saturated rings. The van der Waals surface area contributed by atoms with E-state index in [2.05, 4.69) is 15.9 Å². The van der Waals surface area contributed by atoms with Crippen LogP contribution in [-0.4, -0.2) is 38.4 Å². The molecule has 2 rings (SSSR count). The van der Waals surface area contributed by atoms with E-state index >= 15 is 0 Å². The van der Waals surface area contributed by atoms with E-state index in [9.17, 15) is 14.7 Å². The molecule has 0 aromatic heterocycles. The predicted octanol–water partition coefficient (Wildman–Crippen LogP) is 3.88. The van der Waals surface area contributed by atoms with Gasteiger partial charge in [0.05, 0.1) is 32.5 Å². The number of hydrogen-bond acceptors (Lipinski definition) is 5. The molecule has 0 radical (unpaired) electrons. The van der Waals surface area contributed by atoms with Gasteiger partial charge < -0.3 is 19.3 Å². The minimum absolute atomic E-state index is 0.000694. The van der Waals surface area contributed by atoms with Crippen LogP contribution >= 0.6 is 15.9 Å². The molecular weight excluding hydrogens is 404 g/mol. The van der Waals surface area contributed by atoms with Gasteiger partial charge in [-0.05, 0) is 29.8 Å². The molecule has 0 atom stereocenters. The van der Waals surface area contributed by atoms with Crippen LogP contribution in [0.2, 0.25) is 0 Å². The Morgan fingerprint density at radius 2 is 1.58 bits per heavy atom. The lowest BCUT2D eigenvalue weighted by atomic mass is 9.97. The molecule has 6 nitrogen and oxygen atoms in total. The highest BCUT2D eigenvalue weighted by atomic mass is 79.9. The van der Waals surface area contributed by atoms with Gasteiger partial charge in [0.15, 0.2) is 11.5 Å². The van der Waals surface area contributed by atoms with Crippen molar-refractivity contribution in [3.05, 3.63) is 57.6 Å². The number of carbonyl (C=O) groups excluding carboxylic acids is 1. The van der Waals surface area contributed by atoms with E-state index in [4.69, 9.17) is 14.2 Å². The number of aromatic carboxylic acids is 1. The summed E-state index contributed by atoms with van der Waals surface area (Å²) in [4.78, 5) is 23.8. The molecule has 0 saturated carbocycles. The minimum Gasteiger partial charge on any atom is -0.493 e. The van der Waals surface area contributed by atoms with Gasteiger partial charge in [-0.2, -0.15) is 0 Å². The van der Waals surface area contributed by atoms with Gasteiger partial charge in [-0.25, -0.2) is 9.59 Å². The smallest absolute Gasteiger partial charge is 0.338 e. The zero-order valence-electron chi connectivity index (χ0n) is 14.4. The van der Waals surface area contributed by atoms with Gasteiger partial charge in [0.25, 0.3) is 0 Å². The van der Waals surface area contributed by atoms with Crippen LogP contribution < -0.4 is 9.47 Å². The Kier molecular flexibility index (Phi) is 6.41. The van der Waals surface area contributed by atoms with Gasteiger partial charge in [-0.3, -0.25) is 0 Å². The number of halogens is 1. The third-order valence-corrected chi connectivity index (χ3v) is 4.34. The SMILES string of the molecule is COC(=O)C(=Cc1cc(OC)c(OC)cc1Br)c1ccccc1C(=O)O. The number of benzene rings is 2. The Morgan fingerprint density at radius 1 is 1.00 bits per heavy atom. The molecule has 26 heavy (non-hydrogen) atoms. The maximum Gasteiger partial charge on any atom is 0.338 e. The van der Waals surface area contributed by atoms with E-state index in [0.29, 0.717) is 21.5 Å². The molecule has 2 aromatic rings. The van der Waals surface area contributed by atoms with Crippen molar-refractivity contribution in [3.63, 3.8) is 0 Å². The highest BCUT2D eigenvalue weighted by molar-refractivity contribution is 9.10. The summed E-state index contributed by atoms with van der Waals surface area (Å²) in [6.45, 7) is 0. The van der Waals surface area contributed by atoms with Crippen molar-refractivity contribution in [2.75, 3.05) is 21.3 Å². The summed E-state index contributed by atoms with van der Waals surface area (Å²) < 4.78 is 16.0. The van der Waals surface area contributed by atoms with E-state index < -0.39 is 11.9 Å². The van der Waals surface area contributed by atoms with Crippen molar-refractivity contribution in [1.29, 1.82) is 0 Å². The second kappa shape index (κ2) is 8.53. The molecule has 7 heteroatoms. The Hall–Kier alpha value is -2.80. The second-order valence-electron chi connectivity index (χ2n) is 5.13. The molecule has 0 amide bonds.